The van der Waals surface area contributed by atoms with Gasteiger partial charge < -0.3 is 10.6 Å². The second-order valence-electron chi connectivity index (χ2n) is 5.31. The lowest BCUT2D eigenvalue weighted by Gasteiger charge is -2.33. The molecule has 3 heteroatoms. The third kappa shape index (κ3) is 3.53. The molecule has 1 atom stereocenters. The zero-order valence-electron chi connectivity index (χ0n) is 11.1. The SMILES string of the molecule is CCC1CCN(CC(N)c2cccc(F)c2)CC1. The number of nitrogens with two attached hydrogens (primary N) is 1. The fourth-order valence-electron chi connectivity index (χ4n) is 2.70. The standard InChI is InChI=1S/C15H23FN2/c1-2-12-6-8-18(9-7-12)11-15(17)13-4-3-5-14(16)10-13/h3-5,10,12,15H,2,6-9,11,17H2,1H3. The van der Waals surface area contributed by atoms with Gasteiger partial charge in [0.05, 0.1) is 0 Å². The molecular weight excluding hydrogens is 227 g/mol. The molecule has 1 aromatic rings. The highest BCUT2D eigenvalue weighted by Crippen LogP contribution is 2.22. The molecule has 0 aromatic heterocycles. The lowest BCUT2D eigenvalue weighted by Crippen LogP contribution is -2.38. The van der Waals surface area contributed by atoms with Gasteiger partial charge in [0.25, 0.3) is 0 Å². The molecule has 1 aliphatic heterocycles. The second-order valence-corrected chi connectivity index (χ2v) is 5.31. The van der Waals surface area contributed by atoms with Crippen molar-refractivity contribution in [3.63, 3.8) is 0 Å². The summed E-state index contributed by atoms with van der Waals surface area (Å²) in [5, 5.41) is 0. The molecule has 18 heavy (non-hydrogen) atoms. The quantitative estimate of drug-likeness (QED) is 0.890. The molecule has 0 amide bonds. The molecule has 0 aliphatic carbocycles. The van der Waals surface area contributed by atoms with E-state index in [1.165, 1.54) is 25.3 Å². The van der Waals surface area contributed by atoms with Gasteiger partial charge in [-0.15, -0.1) is 0 Å². The Labute approximate surface area is 109 Å². The van der Waals surface area contributed by atoms with E-state index in [0.717, 1.165) is 31.1 Å². The first kappa shape index (κ1) is 13.5. The summed E-state index contributed by atoms with van der Waals surface area (Å²) in [6.07, 6.45) is 3.82. The van der Waals surface area contributed by atoms with Gasteiger partial charge in [-0.25, -0.2) is 4.39 Å². The maximum atomic E-state index is 13.1. The monoisotopic (exact) mass is 250 g/mol. The molecule has 1 saturated heterocycles. The van der Waals surface area contributed by atoms with Crippen LogP contribution in [0.15, 0.2) is 24.3 Å². The van der Waals surface area contributed by atoms with Crippen molar-refractivity contribution in [3.8, 4) is 0 Å². The molecule has 1 fully saturated rings. The minimum atomic E-state index is -0.201. The Balaban J connectivity index is 1.86. The van der Waals surface area contributed by atoms with Crippen molar-refractivity contribution < 1.29 is 4.39 Å². The zero-order valence-corrected chi connectivity index (χ0v) is 11.1. The molecule has 2 nitrogen and oxygen atoms in total. The Morgan fingerprint density at radius 2 is 2.11 bits per heavy atom. The van der Waals surface area contributed by atoms with Crippen LogP contribution in [0.4, 0.5) is 4.39 Å². The van der Waals surface area contributed by atoms with Crippen LogP contribution in [-0.4, -0.2) is 24.5 Å². The predicted octanol–water partition coefficient (Wildman–Crippen LogP) is 2.95. The molecule has 100 valence electrons. The molecule has 1 heterocycles. The number of rotatable bonds is 4. The van der Waals surface area contributed by atoms with E-state index in [9.17, 15) is 4.39 Å². The molecule has 2 N–H and O–H groups in total. The summed E-state index contributed by atoms with van der Waals surface area (Å²) in [5.41, 5.74) is 7.05. The van der Waals surface area contributed by atoms with Crippen molar-refractivity contribution in [2.24, 2.45) is 11.7 Å². The fraction of sp³-hybridized carbons (Fsp3) is 0.600. The van der Waals surface area contributed by atoms with Gasteiger partial charge in [-0.3, -0.25) is 0 Å². The minimum absolute atomic E-state index is 0.0844. The third-order valence-electron chi connectivity index (χ3n) is 4.02. The van der Waals surface area contributed by atoms with Gasteiger partial charge in [0.2, 0.25) is 0 Å². The highest BCUT2D eigenvalue weighted by atomic mass is 19.1. The van der Waals surface area contributed by atoms with Crippen LogP contribution in [0.2, 0.25) is 0 Å². The van der Waals surface area contributed by atoms with E-state index in [4.69, 9.17) is 5.73 Å². The van der Waals surface area contributed by atoms with E-state index in [-0.39, 0.29) is 11.9 Å². The van der Waals surface area contributed by atoms with E-state index in [2.05, 4.69) is 11.8 Å². The van der Waals surface area contributed by atoms with Gasteiger partial charge in [0.1, 0.15) is 5.82 Å². The van der Waals surface area contributed by atoms with Gasteiger partial charge >= 0.3 is 0 Å². The van der Waals surface area contributed by atoms with Crippen LogP contribution < -0.4 is 5.73 Å². The maximum absolute atomic E-state index is 13.1. The van der Waals surface area contributed by atoms with E-state index in [1.807, 2.05) is 6.07 Å². The van der Waals surface area contributed by atoms with Crippen molar-refractivity contribution in [1.29, 1.82) is 0 Å². The molecule has 0 saturated carbocycles. The van der Waals surface area contributed by atoms with Crippen molar-refractivity contribution >= 4 is 0 Å². The Morgan fingerprint density at radius 1 is 1.39 bits per heavy atom. The van der Waals surface area contributed by atoms with Crippen LogP contribution in [0.5, 0.6) is 0 Å². The van der Waals surface area contributed by atoms with Gasteiger partial charge in [-0.05, 0) is 49.5 Å². The average molecular weight is 250 g/mol. The highest BCUT2D eigenvalue weighted by Gasteiger charge is 2.19. The summed E-state index contributed by atoms with van der Waals surface area (Å²) in [7, 11) is 0. The second kappa shape index (κ2) is 6.30. The molecule has 0 radical (unpaired) electrons. The maximum Gasteiger partial charge on any atom is 0.123 e. The number of hydrogen-bond acceptors (Lipinski definition) is 2. The third-order valence-corrected chi connectivity index (χ3v) is 4.02. The fourth-order valence-corrected chi connectivity index (χ4v) is 2.70. The summed E-state index contributed by atoms with van der Waals surface area (Å²) >= 11 is 0. The van der Waals surface area contributed by atoms with E-state index in [0.29, 0.717) is 0 Å². The largest absolute Gasteiger partial charge is 0.323 e. The lowest BCUT2D eigenvalue weighted by molar-refractivity contribution is 0.173. The first-order valence-electron chi connectivity index (χ1n) is 6.92. The predicted molar refractivity (Wildman–Crippen MR) is 72.8 cm³/mol. The first-order valence-corrected chi connectivity index (χ1v) is 6.92. The van der Waals surface area contributed by atoms with Gasteiger partial charge in [0, 0.05) is 12.6 Å². The van der Waals surface area contributed by atoms with Crippen LogP contribution in [-0.2, 0) is 0 Å². The van der Waals surface area contributed by atoms with Gasteiger partial charge in [-0.1, -0.05) is 25.5 Å². The van der Waals surface area contributed by atoms with Crippen molar-refractivity contribution in [2.45, 2.75) is 32.2 Å². The number of halogens is 1. The molecule has 0 bridgehead atoms. The average Bonchev–Trinajstić information content (AvgIpc) is 2.39. The Hall–Kier alpha value is -0.930. The first-order chi connectivity index (χ1) is 8.69. The van der Waals surface area contributed by atoms with Crippen molar-refractivity contribution in [3.05, 3.63) is 35.6 Å². The molecule has 2 rings (SSSR count). The Bertz CT molecular complexity index is 373. The smallest absolute Gasteiger partial charge is 0.123 e. The van der Waals surface area contributed by atoms with Crippen molar-refractivity contribution in [1.82, 2.24) is 4.90 Å². The number of benzene rings is 1. The van der Waals surface area contributed by atoms with Crippen LogP contribution in [0.25, 0.3) is 0 Å². The van der Waals surface area contributed by atoms with Crippen LogP contribution in [0, 0.1) is 11.7 Å². The number of likely N-dealkylation sites (tertiary alicyclic amines) is 1. The summed E-state index contributed by atoms with van der Waals surface area (Å²) in [4.78, 5) is 2.40. The normalized spacial score (nSPS) is 19.9. The lowest BCUT2D eigenvalue weighted by atomic mass is 9.94. The van der Waals surface area contributed by atoms with E-state index < -0.39 is 0 Å². The van der Waals surface area contributed by atoms with E-state index >= 15 is 0 Å². The van der Waals surface area contributed by atoms with Gasteiger partial charge in [0.15, 0.2) is 0 Å². The summed E-state index contributed by atoms with van der Waals surface area (Å²) in [5.74, 6) is 0.680. The Kier molecular flexibility index (Phi) is 4.72. The molecule has 1 aromatic carbocycles. The molecule has 0 spiro atoms. The highest BCUT2D eigenvalue weighted by molar-refractivity contribution is 5.20. The number of nitrogens with zero attached hydrogens (tertiary/aromatic N) is 1. The topological polar surface area (TPSA) is 29.3 Å². The summed E-state index contributed by atoms with van der Waals surface area (Å²) < 4.78 is 13.1. The van der Waals surface area contributed by atoms with Crippen LogP contribution in [0.1, 0.15) is 37.8 Å². The van der Waals surface area contributed by atoms with E-state index in [1.54, 1.807) is 12.1 Å². The molecular formula is C15H23FN2. The number of hydrogen-bond donors (Lipinski definition) is 1. The molecule has 1 unspecified atom stereocenters. The van der Waals surface area contributed by atoms with Crippen LogP contribution in [0.3, 0.4) is 0 Å². The van der Waals surface area contributed by atoms with Crippen LogP contribution >= 0.6 is 0 Å². The summed E-state index contributed by atoms with van der Waals surface area (Å²) in [6.45, 7) is 5.35. The Morgan fingerprint density at radius 3 is 2.72 bits per heavy atom. The minimum Gasteiger partial charge on any atom is -0.323 e. The number of piperidine rings is 1. The summed E-state index contributed by atoms with van der Waals surface area (Å²) in [6, 6.07) is 6.56. The zero-order chi connectivity index (χ0) is 13.0. The van der Waals surface area contributed by atoms with Gasteiger partial charge in [-0.2, -0.15) is 0 Å². The molecule has 1 aliphatic rings. The van der Waals surface area contributed by atoms with Crippen molar-refractivity contribution in [2.75, 3.05) is 19.6 Å².